The molecule has 1 aliphatic heterocycles. The van der Waals surface area contributed by atoms with Gasteiger partial charge < -0.3 is 19.2 Å². The van der Waals surface area contributed by atoms with Crippen molar-refractivity contribution in [2.45, 2.75) is 6.54 Å². The van der Waals surface area contributed by atoms with E-state index in [-0.39, 0.29) is 12.7 Å². The van der Waals surface area contributed by atoms with Gasteiger partial charge in [0.15, 0.2) is 17.3 Å². The summed E-state index contributed by atoms with van der Waals surface area (Å²) < 4.78 is 15.9. The first-order valence-corrected chi connectivity index (χ1v) is 8.12. The van der Waals surface area contributed by atoms with Crippen molar-refractivity contribution in [3.63, 3.8) is 0 Å². The molecule has 1 aliphatic rings. The van der Waals surface area contributed by atoms with E-state index in [9.17, 15) is 4.79 Å². The Hall–Kier alpha value is -3.54. The van der Waals surface area contributed by atoms with E-state index in [1.807, 2.05) is 42.5 Å². The fourth-order valence-corrected chi connectivity index (χ4v) is 2.58. The summed E-state index contributed by atoms with van der Waals surface area (Å²) in [7, 11) is 0. The van der Waals surface area contributed by atoms with Gasteiger partial charge >= 0.3 is 0 Å². The number of fused-ring (bicyclic) bond motifs is 1. The van der Waals surface area contributed by atoms with Crippen molar-refractivity contribution in [1.82, 2.24) is 10.3 Å². The number of amides is 1. The molecule has 0 fully saturated rings. The number of carbonyl (C=O) groups excluding carboxylic acids is 1. The molecule has 0 bridgehead atoms. The molecule has 3 aromatic rings. The van der Waals surface area contributed by atoms with Crippen LogP contribution in [0.15, 0.2) is 65.4 Å². The largest absolute Gasteiger partial charge is 0.463 e. The van der Waals surface area contributed by atoms with E-state index in [1.165, 1.54) is 6.08 Å². The van der Waals surface area contributed by atoms with Crippen molar-refractivity contribution < 1.29 is 18.7 Å². The second-order valence-corrected chi connectivity index (χ2v) is 5.69. The summed E-state index contributed by atoms with van der Waals surface area (Å²) in [5, 5.41) is 2.85. The maximum atomic E-state index is 12.0. The maximum Gasteiger partial charge on any atom is 0.244 e. The molecule has 2 aromatic heterocycles. The predicted octanol–water partition coefficient (Wildman–Crippen LogP) is 3.40. The molecule has 0 aliphatic carbocycles. The van der Waals surface area contributed by atoms with E-state index >= 15 is 0 Å². The molecule has 4 rings (SSSR count). The Kier molecular flexibility index (Phi) is 4.38. The van der Waals surface area contributed by atoms with Crippen LogP contribution in [0.5, 0.6) is 11.5 Å². The van der Waals surface area contributed by atoms with Crippen molar-refractivity contribution in [2.24, 2.45) is 0 Å². The Morgan fingerprint density at radius 2 is 2.08 bits per heavy atom. The molecule has 6 heteroatoms. The van der Waals surface area contributed by atoms with Crippen LogP contribution in [-0.4, -0.2) is 17.7 Å². The second kappa shape index (κ2) is 7.14. The normalized spacial score (nSPS) is 12.5. The highest BCUT2D eigenvalue weighted by Crippen LogP contribution is 2.32. The van der Waals surface area contributed by atoms with E-state index in [0.29, 0.717) is 18.1 Å². The summed E-state index contributed by atoms with van der Waals surface area (Å²) >= 11 is 0. The lowest BCUT2D eigenvalue weighted by molar-refractivity contribution is -0.116. The summed E-state index contributed by atoms with van der Waals surface area (Å²) in [6.45, 7) is 0.634. The monoisotopic (exact) mass is 348 g/mol. The van der Waals surface area contributed by atoms with Crippen LogP contribution >= 0.6 is 0 Å². The average Bonchev–Trinajstić information content (AvgIpc) is 3.36. The lowest BCUT2D eigenvalue weighted by Crippen LogP contribution is -2.20. The van der Waals surface area contributed by atoms with Gasteiger partial charge in [-0.25, -0.2) is 0 Å². The number of hydrogen-bond donors (Lipinski definition) is 1. The van der Waals surface area contributed by atoms with Gasteiger partial charge in [-0.2, -0.15) is 0 Å². The SMILES string of the molecule is O=C(/C=C/c1ccc2c(c1)OCO2)NCc1ccnc(-c2ccco2)c1. The van der Waals surface area contributed by atoms with Crippen LogP contribution in [-0.2, 0) is 11.3 Å². The minimum absolute atomic E-state index is 0.181. The Labute approximate surface area is 150 Å². The van der Waals surface area contributed by atoms with E-state index in [2.05, 4.69) is 10.3 Å². The summed E-state index contributed by atoms with van der Waals surface area (Å²) in [4.78, 5) is 16.3. The number of benzene rings is 1. The van der Waals surface area contributed by atoms with Gasteiger partial charge in [-0.3, -0.25) is 9.78 Å². The summed E-state index contributed by atoms with van der Waals surface area (Å²) in [5.41, 5.74) is 2.54. The number of carbonyl (C=O) groups is 1. The number of aromatic nitrogens is 1. The number of furan rings is 1. The zero-order valence-electron chi connectivity index (χ0n) is 13.8. The summed E-state index contributed by atoms with van der Waals surface area (Å²) in [5.74, 6) is 1.92. The first-order chi connectivity index (χ1) is 12.8. The Bertz CT molecular complexity index is 948. The molecule has 26 heavy (non-hydrogen) atoms. The lowest BCUT2D eigenvalue weighted by Gasteiger charge is -2.04. The highest BCUT2D eigenvalue weighted by atomic mass is 16.7. The molecular formula is C20H16N2O4. The Balaban J connectivity index is 1.36. The minimum Gasteiger partial charge on any atom is -0.463 e. The van der Waals surface area contributed by atoms with Gasteiger partial charge in [-0.05, 0) is 53.6 Å². The fraction of sp³-hybridized carbons (Fsp3) is 0.100. The smallest absolute Gasteiger partial charge is 0.244 e. The Morgan fingerprint density at radius 3 is 2.96 bits per heavy atom. The fourth-order valence-electron chi connectivity index (χ4n) is 2.58. The molecule has 130 valence electrons. The quantitative estimate of drug-likeness (QED) is 0.716. The van der Waals surface area contributed by atoms with E-state index in [1.54, 1.807) is 18.5 Å². The molecule has 0 saturated heterocycles. The molecule has 6 nitrogen and oxygen atoms in total. The molecule has 0 unspecified atom stereocenters. The Morgan fingerprint density at radius 1 is 1.15 bits per heavy atom. The number of pyridine rings is 1. The van der Waals surface area contributed by atoms with Crippen LogP contribution in [0.1, 0.15) is 11.1 Å². The highest BCUT2D eigenvalue weighted by molar-refractivity contribution is 5.91. The molecule has 1 amide bonds. The third-order valence-corrected chi connectivity index (χ3v) is 3.89. The lowest BCUT2D eigenvalue weighted by atomic mass is 10.2. The number of hydrogen-bond acceptors (Lipinski definition) is 5. The minimum atomic E-state index is -0.181. The molecule has 1 N–H and O–H groups in total. The number of ether oxygens (including phenoxy) is 2. The van der Waals surface area contributed by atoms with Crippen LogP contribution in [0.2, 0.25) is 0 Å². The van der Waals surface area contributed by atoms with Crippen LogP contribution in [0.25, 0.3) is 17.5 Å². The van der Waals surface area contributed by atoms with E-state index < -0.39 is 0 Å². The zero-order valence-corrected chi connectivity index (χ0v) is 13.8. The van der Waals surface area contributed by atoms with Gasteiger partial charge in [0.25, 0.3) is 0 Å². The average molecular weight is 348 g/mol. The van der Waals surface area contributed by atoms with Crippen LogP contribution in [0, 0.1) is 0 Å². The highest BCUT2D eigenvalue weighted by Gasteiger charge is 2.12. The first kappa shape index (κ1) is 16.0. The van der Waals surface area contributed by atoms with Crippen LogP contribution < -0.4 is 14.8 Å². The standard InChI is InChI=1S/C20H16N2O4/c23-20(6-4-14-3-5-18-19(11-14)26-13-25-18)22-12-15-7-8-21-16(10-15)17-2-1-9-24-17/h1-11H,12-13H2,(H,22,23)/b6-4+. The summed E-state index contributed by atoms with van der Waals surface area (Å²) in [6, 6.07) is 12.9. The molecule has 0 atom stereocenters. The number of nitrogens with zero attached hydrogens (tertiary/aromatic N) is 1. The molecule has 0 saturated carbocycles. The first-order valence-electron chi connectivity index (χ1n) is 8.12. The van der Waals surface area contributed by atoms with Crippen molar-refractivity contribution in [1.29, 1.82) is 0 Å². The third-order valence-electron chi connectivity index (χ3n) is 3.89. The third kappa shape index (κ3) is 3.59. The molecule has 3 heterocycles. The molecule has 0 spiro atoms. The van der Waals surface area contributed by atoms with E-state index in [0.717, 1.165) is 22.6 Å². The zero-order chi connectivity index (χ0) is 17.8. The summed E-state index contributed by atoms with van der Waals surface area (Å²) in [6.07, 6.45) is 6.53. The molecule has 1 aromatic carbocycles. The van der Waals surface area contributed by atoms with E-state index in [4.69, 9.17) is 13.9 Å². The van der Waals surface area contributed by atoms with Crippen molar-refractivity contribution >= 4 is 12.0 Å². The van der Waals surface area contributed by atoms with Gasteiger partial charge in [0.1, 0.15) is 5.69 Å². The van der Waals surface area contributed by atoms with Gasteiger partial charge in [-0.15, -0.1) is 0 Å². The van der Waals surface area contributed by atoms with Crippen molar-refractivity contribution in [3.8, 4) is 23.0 Å². The second-order valence-electron chi connectivity index (χ2n) is 5.69. The number of rotatable bonds is 5. The number of nitrogens with one attached hydrogen (secondary N) is 1. The van der Waals surface area contributed by atoms with Crippen molar-refractivity contribution in [2.75, 3.05) is 6.79 Å². The molecular weight excluding hydrogens is 332 g/mol. The topological polar surface area (TPSA) is 73.6 Å². The van der Waals surface area contributed by atoms with Gasteiger partial charge in [-0.1, -0.05) is 6.07 Å². The van der Waals surface area contributed by atoms with Crippen LogP contribution in [0.4, 0.5) is 0 Å². The van der Waals surface area contributed by atoms with Gasteiger partial charge in [0.05, 0.1) is 6.26 Å². The van der Waals surface area contributed by atoms with Crippen molar-refractivity contribution in [3.05, 3.63) is 72.1 Å². The van der Waals surface area contributed by atoms with Crippen LogP contribution in [0.3, 0.4) is 0 Å². The molecule has 0 radical (unpaired) electrons. The maximum absolute atomic E-state index is 12.0. The van der Waals surface area contributed by atoms with Gasteiger partial charge in [0, 0.05) is 18.8 Å². The van der Waals surface area contributed by atoms with Gasteiger partial charge in [0.2, 0.25) is 12.7 Å². The predicted molar refractivity (Wildman–Crippen MR) is 95.4 cm³/mol.